The fourth-order valence-corrected chi connectivity index (χ4v) is 5.73. The van der Waals surface area contributed by atoms with Crippen molar-refractivity contribution in [3.05, 3.63) is 97.9 Å². The molecular formula is C29H31Cl4N3O4S. The molecule has 0 heterocycles. The Bertz CT molecular complexity index is 1490. The molecule has 41 heavy (non-hydrogen) atoms. The minimum atomic E-state index is -4.00. The number of anilines is 1. The van der Waals surface area contributed by atoms with Gasteiger partial charge < -0.3 is 10.2 Å². The molecule has 220 valence electrons. The largest absolute Gasteiger partial charge is 0.352 e. The molecular weight excluding hydrogens is 628 g/mol. The summed E-state index contributed by atoms with van der Waals surface area (Å²) in [6.07, 6.45) is 1.84. The number of sulfonamides is 1. The molecule has 2 atom stereocenters. The summed E-state index contributed by atoms with van der Waals surface area (Å²) in [7, 11) is -4.00. The summed E-state index contributed by atoms with van der Waals surface area (Å²) in [5, 5.41) is 3.71. The molecule has 0 aliphatic rings. The SMILES string of the molecule is CC[C@@H](C)NC(=O)[C@@H](Cc1ccccc1)N(Cc1ccc(Cl)c(Cl)c1)C(=O)CN(c1cccc(Cl)c1Cl)S(C)(=O)=O. The summed E-state index contributed by atoms with van der Waals surface area (Å²) in [6.45, 7) is 3.15. The highest BCUT2D eigenvalue weighted by atomic mass is 35.5. The Balaban J connectivity index is 2.11. The molecule has 0 radical (unpaired) electrons. The predicted molar refractivity (Wildman–Crippen MR) is 167 cm³/mol. The lowest BCUT2D eigenvalue weighted by molar-refractivity contribution is -0.140. The van der Waals surface area contributed by atoms with Crippen molar-refractivity contribution in [2.24, 2.45) is 0 Å². The lowest BCUT2D eigenvalue weighted by Gasteiger charge is -2.34. The average Bonchev–Trinajstić information content (AvgIpc) is 2.92. The molecule has 0 bridgehead atoms. The minimum absolute atomic E-state index is 0.0150. The second kappa shape index (κ2) is 14.6. The zero-order chi connectivity index (χ0) is 30.3. The average molecular weight is 659 g/mol. The van der Waals surface area contributed by atoms with Crippen LogP contribution in [0.3, 0.4) is 0 Å². The van der Waals surface area contributed by atoms with Gasteiger partial charge in [0.2, 0.25) is 21.8 Å². The van der Waals surface area contributed by atoms with Gasteiger partial charge in [-0.1, -0.05) is 95.8 Å². The van der Waals surface area contributed by atoms with Crippen LogP contribution in [0.5, 0.6) is 0 Å². The van der Waals surface area contributed by atoms with Crippen molar-refractivity contribution in [1.29, 1.82) is 0 Å². The number of benzene rings is 3. The first-order valence-corrected chi connectivity index (χ1v) is 16.2. The van der Waals surface area contributed by atoms with Crippen LogP contribution in [-0.4, -0.2) is 50.0 Å². The van der Waals surface area contributed by atoms with E-state index >= 15 is 0 Å². The van der Waals surface area contributed by atoms with Gasteiger partial charge in [0.05, 0.1) is 32.0 Å². The molecule has 2 amide bonds. The molecule has 0 unspecified atom stereocenters. The highest BCUT2D eigenvalue weighted by Crippen LogP contribution is 2.34. The van der Waals surface area contributed by atoms with Crippen LogP contribution in [0.1, 0.15) is 31.4 Å². The molecule has 12 heteroatoms. The molecule has 0 fully saturated rings. The molecule has 3 aromatic rings. The normalized spacial score (nSPS) is 12.9. The van der Waals surface area contributed by atoms with Gasteiger partial charge in [0.1, 0.15) is 12.6 Å². The van der Waals surface area contributed by atoms with Gasteiger partial charge in [0.25, 0.3) is 0 Å². The van der Waals surface area contributed by atoms with E-state index in [4.69, 9.17) is 46.4 Å². The van der Waals surface area contributed by atoms with Crippen molar-refractivity contribution < 1.29 is 18.0 Å². The van der Waals surface area contributed by atoms with Crippen LogP contribution in [0.25, 0.3) is 0 Å². The molecule has 7 nitrogen and oxygen atoms in total. The van der Waals surface area contributed by atoms with E-state index < -0.39 is 28.5 Å². The summed E-state index contributed by atoms with van der Waals surface area (Å²) in [5.74, 6) is -0.999. The fourth-order valence-electron chi connectivity index (χ4n) is 4.11. The highest BCUT2D eigenvalue weighted by molar-refractivity contribution is 7.92. The van der Waals surface area contributed by atoms with E-state index in [9.17, 15) is 18.0 Å². The fraction of sp³-hybridized carbons (Fsp3) is 0.310. The maximum atomic E-state index is 14.1. The van der Waals surface area contributed by atoms with Crippen LogP contribution in [0.15, 0.2) is 66.7 Å². The number of hydrogen-bond acceptors (Lipinski definition) is 4. The van der Waals surface area contributed by atoms with E-state index in [1.54, 1.807) is 18.2 Å². The van der Waals surface area contributed by atoms with Crippen LogP contribution in [0, 0.1) is 0 Å². The number of nitrogens with zero attached hydrogens (tertiary/aromatic N) is 2. The Morgan fingerprint density at radius 2 is 1.56 bits per heavy atom. The van der Waals surface area contributed by atoms with Gasteiger partial charge in [-0.15, -0.1) is 0 Å². The lowest BCUT2D eigenvalue weighted by atomic mass is 10.0. The Labute approximate surface area is 261 Å². The van der Waals surface area contributed by atoms with Gasteiger partial charge >= 0.3 is 0 Å². The summed E-state index contributed by atoms with van der Waals surface area (Å²) >= 11 is 24.9. The molecule has 1 N–H and O–H groups in total. The maximum Gasteiger partial charge on any atom is 0.244 e. The number of carbonyl (C=O) groups excluding carboxylic acids is 2. The zero-order valence-electron chi connectivity index (χ0n) is 22.8. The van der Waals surface area contributed by atoms with Crippen LogP contribution in [0.4, 0.5) is 5.69 Å². The number of rotatable bonds is 12. The summed E-state index contributed by atoms with van der Waals surface area (Å²) in [4.78, 5) is 29.2. The number of nitrogens with one attached hydrogen (secondary N) is 1. The minimum Gasteiger partial charge on any atom is -0.352 e. The van der Waals surface area contributed by atoms with Crippen molar-refractivity contribution in [1.82, 2.24) is 10.2 Å². The first-order valence-electron chi connectivity index (χ1n) is 12.8. The first-order chi connectivity index (χ1) is 19.3. The Morgan fingerprint density at radius 1 is 0.878 bits per heavy atom. The van der Waals surface area contributed by atoms with Crippen LogP contribution >= 0.6 is 46.4 Å². The third-order valence-electron chi connectivity index (χ3n) is 6.49. The third-order valence-corrected chi connectivity index (χ3v) is 9.16. The summed E-state index contributed by atoms with van der Waals surface area (Å²) in [6, 6.07) is 17.6. The smallest absolute Gasteiger partial charge is 0.244 e. The topological polar surface area (TPSA) is 86.8 Å². The number of carbonyl (C=O) groups is 2. The van der Waals surface area contributed by atoms with Gasteiger partial charge in [-0.25, -0.2) is 8.42 Å². The molecule has 0 aliphatic carbocycles. The van der Waals surface area contributed by atoms with E-state index in [0.717, 1.165) is 16.1 Å². The van der Waals surface area contributed by atoms with Crippen LogP contribution in [0.2, 0.25) is 20.1 Å². The van der Waals surface area contributed by atoms with E-state index in [1.807, 2.05) is 44.2 Å². The number of hydrogen-bond donors (Lipinski definition) is 1. The maximum absolute atomic E-state index is 14.1. The summed E-state index contributed by atoms with van der Waals surface area (Å²) in [5.41, 5.74) is 1.48. The first kappa shape index (κ1) is 33.0. The zero-order valence-corrected chi connectivity index (χ0v) is 26.6. The molecule has 3 rings (SSSR count). The van der Waals surface area contributed by atoms with Crippen LogP contribution in [-0.2, 0) is 32.6 Å². The van der Waals surface area contributed by atoms with Gasteiger partial charge in [-0.2, -0.15) is 0 Å². The molecule has 0 saturated carbocycles. The van der Waals surface area contributed by atoms with Crippen molar-refractivity contribution in [2.75, 3.05) is 17.1 Å². The van der Waals surface area contributed by atoms with E-state index in [0.29, 0.717) is 17.0 Å². The number of amides is 2. The van der Waals surface area contributed by atoms with Crippen molar-refractivity contribution in [3.63, 3.8) is 0 Å². The Kier molecular flexibility index (Phi) is 11.8. The molecule has 0 spiro atoms. The lowest BCUT2D eigenvalue weighted by Crippen LogP contribution is -2.54. The molecule has 0 aliphatic heterocycles. The molecule has 3 aromatic carbocycles. The van der Waals surface area contributed by atoms with Crippen molar-refractivity contribution in [3.8, 4) is 0 Å². The standard InChI is InChI=1S/C29H31Cl4N3O4S/c1-4-19(2)34-29(38)26(16-20-9-6-5-7-10-20)35(17-21-13-14-22(30)24(32)15-21)27(37)18-36(41(3,39)40)25-12-8-11-23(31)28(25)33/h5-15,19,26H,4,16-18H2,1-3H3,(H,34,38)/t19-,26-/m1/s1. The Hall–Kier alpha value is -2.49. The summed E-state index contributed by atoms with van der Waals surface area (Å²) < 4.78 is 26.7. The molecule has 0 aromatic heterocycles. The quantitative estimate of drug-likeness (QED) is 0.237. The predicted octanol–water partition coefficient (Wildman–Crippen LogP) is 6.62. The van der Waals surface area contributed by atoms with Gasteiger partial charge in [-0.05, 0) is 48.7 Å². The van der Waals surface area contributed by atoms with E-state index in [-0.39, 0.29) is 45.7 Å². The van der Waals surface area contributed by atoms with Crippen molar-refractivity contribution in [2.45, 2.75) is 45.3 Å². The second-order valence-electron chi connectivity index (χ2n) is 9.64. The molecule has 0 saturated heterocycles. The Morgan fingerprint density at radius 3 is 2.17 bits per heavy atom. The van der Waals surface area contributed by atoms with Crippen molar-refractivity contribution >= 4 is 73.9 Å². The third kappa shape index (κ3) is 9.00. The van der Waals surface area contributed by atoms with Gasteiger partial charge in [0.15, 0.2) is 0 Å². The highest BCUT2D eigenvalue weighted by Gasteiger charge is 2.34. The number of halogens is 4. The van der Waals surface area contributed by atoms with E-state index in [1.165, 1.54) is 23.1 Å². The second-order valence-corrected chi connectivity index (χ2v) is 13.1. The van der Waals surface area contributed by atoms with Gasteiger partial charge in [0, 0.05) is 19.0 Å². The van der Waals surface area contributed by atoms with Gasteiger partial charge in [-0.3, -0.25) is 13.9 Å². The van der Waals surface area contributed by atoms with E-state index in [2.05, 4.69) is 5.32 Å². The monoisotopic (exact) mass is 657 g/mol. The van der Waals surface area contributed by atoms with Crippen LogP contribution < -0.4 is 9.62 Å².